The van der Waals surface area contributed by atoms with Crippen LogP contribution in [0.1, 0.15) is 15.9 Å². The third-order valence-corrected chi connectivity index (χ3v) is 5.31. The molecule has 0 aliphatic heterocycles. The minimum Gasteiger partial charge on any atom is -0.395 e. The second-order valence-electron chi connectivity index (χ2n) is 5.11. The van der Waals surface area contributed by atoms with Gasteiger partial charge in [0, 0.05) is 38.1 Å². The number of nitrogens with zero attached hydrogens (tertiary/aromatic N) is 2. The van der Waals surface area contributed by atoms with Crippen molar-refractivity contribution in [3.05, 3.63) is 59.9 Å². The lowest BCUT2D eigenvalue weighted by molar-refractivity contribution is 0.0950. The van der Waals surface area contributed by atoms with Crippen molar-refractivity contribution in [2.24, 2.45) is 0 Å². The molecule has 1 aromatic heterocycles. The van der Waals surface area contributed by atoms with Gasteiger partial charge in [0.15, 0.2) is 0 Å². The third kappa shape index (κ3) is 4.38. The summed E-state index contributed by atoms with van der Waals surface area (Å²) < 4.78 is 25.5. The molecule has 128 valence electrons. The van der Waals surface area contributed by atoms with Crippen LogP contribution in [0.15, 0.2) is 53.7 Å². The Hall–Kier alpha value is -2.29. The zero-order valence-corrected chi connectivity index (χ0v) is 14.0. The molecule has 0 fully saturated rings. The van der Waals surface area contributed by atoms with Crippen LogP contribution in [0.4, 0.5) is 0 Å². The SMILES string of the molecule is CN(CCO)S(=O)(=O)c1ccc(CNC(=O)c2ccncc2)cc1. The normalized spacial score (nSPS) is 11.5. The Morgan fingerprint density at radius 1 is 1.17 bits per heavy atom. The van der Waals surface area contributed by atoms with Gasteiger partial charge in [0.25, 0.3) is 5.91 Å². The molecular weight excluding hydrogens is 330 g/mol. The molecule has 0 aliphatic carbocycles. The maximum Gasteiger partial charge on any atom is 0.251 e. The van der Waals surface area contributed by atoms with E-state index in [0.29, 0.717) is 5.56 Å². The van der Waals surface area contributed by atoms with Gasteiger partial charge in [-0.05, 0) is 29.8 Å². The molecule has 0 aliphatic rings. The van der Waals surface area contributed by atoms with Crippen molar-refractivity contribution >= 4 is 15.9 Å². The minimum atomic E-state index is -3.61. The van der Waals surface area contributed by atoms with Crippen molar-refractivity contribution in [2.45, 2.75) is 11.4 Å². The summed E-state index contributed by atoms with van der Waals surface area (Å²) in [5.74, 6) is -0.225. The minimum absolute atomic E-state index is 0.0338. The Morgan fingerprint density at radius 2 is 1.79 bits per heavy atom. The van der Waals surface area contributed by atoms with Crippen LogP contribution in [-0.2, 0) is 16.6 Å². The third-order valence-electron chi connectivity index (χ3n) is 3.44. The van der Waals surface area contributed by atoms with E-state index in [1.165, 1.54) is 31.6 Å². The number of likely N-dealkylation sites (N-methyl/N-ethyl adjacent to an activating group) is 1. The van der Waals surface area contributed by atoms with Crippen LogP contribution in [-0.4, -0.2) is 48.9 Å². The number of hydrogen-bond acceptors (Lipinski definition) is 5. The molecule has 1 amide bonds. The molecule has 7 nitrogen and oxygen atoms in total. The molecule has 0 saturated heterocycles. The molecule has 1 heterocycles. The monoisotopic (exact) mass is 349 g/mol. The van der Waals surface area contributed by atoms with Crippen LogP contribution >= 0.6 is 0 Å². The number of aliphatic hydroxyl groups excluding tert-OH is 1. The molecule has 0 radical (unpaired) electrons. The summed E-state index contributed by atoms with van der Waals surface area (Å²) in [7, 11) is -2.20. The van der Waals surface area contributed by atoms with Gasteiger partial charge in [0.2, 0.25) is 10.0 Å². The van der Waals surface area contributed by atoms with E-state index in [2.05, 4.69) is 10.3 Å². The maximum absolute atomic E-state index is 12.2. The first-order valence-corrected chi connectivity index (χ1v) is 8.73. The lowest BCUT2D eigenvalue weighted by Gasteiger charge is -2.16. The number of benzene rings is 1. The average Bonchev–Trinajstić information content (AvgIpc) is 2.61. The molecule has 24 heavy (non-hydrogen) atoms. The number of pyridine rings is 1. The molecule has 0 unspecified atom stereocenters. The highest BCUT2D eigenvalue weighted by Gasteiger charge is 2.19. The van der Waals surface area contributed by atoms with Gasteiger partial charge in [-0.15, -0.1) is 0 Å². The predicted octanol–water partition coefficient (Wildman–Crippen LogP) is 0.624. The van der Waals surface area contributed by atoms with Gasteiger partial charge in [0.1, 0.15) is 0 Å². The number of rotatable bonds is 7. The van der Waals surface area contributed by atoms with E-state index in [-0.39, 0.29) is 30.5 Å². The summed E-state index contributed by atoms with van der Waals surface area (Å²) in [6, 6.07) is 9.48. The average molecular weight is 349 g/mol. The van der Waals surface area contributed by atoms with E-state index in [4.69, 9.17) is 5.11 Å². The number of amides is 1. The number of carbonyl (C=O) groups excluding carboxylic acids is 1. The molecule has 2 rings (SSSR count). The van der Waals surface area contributed by atoms with Gasteiger partial charge < -0.3 is 10.4 Å². The predicted molar refractivity (Wildman–Crippen MR) is 88.8 cm³/mol. The van der Waals surface area contributed by atoms with Crippen LogP contribution in [0.2, 0.25) is 0 Å². The second-order valence-corrected chi connectivity index (χ2v) is 7.16. The molecule has 0 saturated carbocycles. The van der Waals surface area contributed by atoms with E-state index in [1.807, 2.05) is 0 Å². The van der Waals surface area contributed by atoms with E-state index in [0.717, 1.165) is 9.87 Å². The van der Waals surface area contributed by atoms with Crippen molar-refractivity contribution in [1.82, 2.24) is 14.6 Å². The number of hydrogen-bond donors (Lipinski definition) is 2. The lowest BCUT2D eigenvalue weighted by Crippen LogP contribution is -2.29. The quantitative estimate of drug-likeness (QED) is 0.763. The van der Waals surface area contributed by atoms with Crippen molar-refractivity contribution in [2.75, 3.05) is 20.2 Å². The first-order valence-electron chi connectivity index (χ1n) is 7.29. The molecule has 1 aromatic carbocycles. The number of aliphatic hydroxyl groups is 1. The standard InChI is InChI=1S/C16H19N3O4S/c1-19(10-11-20)24(22,23)15-4-2-13(3-5-15)12-18-16(21)14-6-8-17-9-7-14/h2-9,20H,10-12H2,1H3,(H,18,21). The fourth-order valence-electron chi connectivity index (χ4n) is 2.01. The Morgan fingerprint density at radius 3 is 2.38 bits per heavy atom. The van der Waals surface area contributed by atoms with Crippen LogP contribution < -0.4 is 5.32 Å². The van der Waals surface area contributed by atoms with Gasteiger partial charge in [-0.2, -0.15) is 4.31 Å². The maximum atomic E-state index is 12.2. The molecule has 2 N–H and O–H groups in total. The van der Waals surface area contributed by atoms with Crippen LogP contribution in [0.25, 0.3) is 0 Å². The second kappa shape index (κ2) is 8.00. The summed E-state index contributed by atoms with van der Waals surface area (Å²) in [5.41, 5.74) is 1.29. The largest absolute Gasteiger partial charge is 0.395 e. The molecule has 2 aromatic rings. The van der Waals surface area contributed by atoms with Gasteiger partial charge in [-0.25, -0.2) is 8.42 Å². The van der Waals surface area contributed by atoms with Gasteiger partial charge in [-0.3, -0.25) is 9.78 Å². The van der Waals surface area contributed by atoms with E-state index in [1.54, 1.807) is 24.3 Å². The smallest absolute Gasteiger partial charge is 0.251 e. The summed E-state index contributed by atoms with van der Waals surface area (Å²) in [6.07, 6.45) is 3.08. The van der Waals surface area contributed by atoms with Gasteiger partial charge >= 0.3 is 0 Å². The fourth-order valence-corrected chi connectivity index (χ4v) is 3.17. The summed E-state index contributed by atoms with van der Waals surface area (Å²) >= 11 is 0. The van der Waals surface area contributed by atoms with Crippen molar-refractivity contribution in [3.63, 3.8) is 0 Å². The van der Waals surface area contributed by atoms with Gasteiger partial charge in [0.05, 0.1) is 11.5 Å². The Labute approximate surface area is 141 Å². The molecule has 0 bridgehead atoms. The first-order chi connectivity index (χ1) is 11.4. The zero-order chi connectivity index (χ0) is 17.6. The van der Waals surface area contributed by atoms with Crippen LogP contribution in [0.3, 0.4) is 0 Å². The number of aromatic nitrogens is 1. The van der Waals surface area contributed by atoms with E-state index < -0.39 is 10.0 Å². The highest BCUT2D eigenvalue weighted by Crippen LogP contribution is 2.15. The van der Waals surface area contributed by atoms with Crippen molar-refractivity contribution < 1.29 is 18.3 Å². The van der Waals surface area contributed by atoms with E-state index in [9.17, 15) is 13.2 Å². The summed E-state index contributed by atoms with van der Waals surface area (Å²) in [4.78, 5) is 15.9. The number of carbonyl (C=O) groups is 1. The molecule has 0 spiro atoms. The highest BCUT2D eigenvalue weighted by molar-refractivity contribution is 7.89. The van der Waals surface area contributed by atoms with Crippen molar-refractivity contribution in [1.29, 1.82) is 0 Å². The molecule has 8 heteroatoms. The summed E-state index contributed by atoms with van der Waals surface area (Å²) in [6.45, 7) is 0.0783. The Balaban J connectivity index is 2.01. The zero-order valence-electron chi connectivity index (χ0n) is 13.2. The Bertz CT molecular complexity index is 777. The summed E-state index contributed by atoms with van der Waals surface area (Å²) in [5, 5.41) is 11.6. The molecular formula is C16H19N3O4S. The lowest BCUT2D eigenvalue weighted by atomic mass is 10.2. The van der Waals surface area contributed by atoms with Crippen molar-refractivity contribution in [3.8, 4) is 0 Å². The molecule has 0 atom stereocenters. The van der Waals surface area contributed by atoms with Crippen LogP contribution in [0.5, 0.6) is 0 Å². The van der Waals surface area contributed by atoms with Crippen LogP contribution in [0, 0.1) is 0 Å². The van der Waals surface area contributed by atoms with E-state index >= 15 is 0 Å². The number of nitrogens with one attached hydrogen (secondary N) is 1. The Kier molecular flexibility index (Phi) is 6.02. The fraction of sp³-hybridized carbons (Fsp3) is 0.250. The number of sulfonamides is 1. The highest BCUT2D eigenvalue weighted by atomic mass is 32.2. The van der Waals surface area contributed by atoms with Gasteiger partial charge in [-0.1, -0.05) is 12.1 Å². The topological polar surface area (TPSA) is 99.6 Å². The first kappa shape index (κ1) is 18.1.